The molecule has 10 nitrogen and oxygen atoms in total. The zero-order valence-corrected chi connectivity index (χ0v) is 29.1. The molecule has 1 aromatic heterocycles. The highest BCUT2D eigenvalue weighted by Crippen LogP contribution is 2.29. The van der Waals surface area contributed by atoms with Crippen LogP contribution in [0.1, 0.15) is 61.6 Å². The number of aromatic amines is 1. The summed E-state index contributed by atoms with van der Waals surface area (Å²) in [5.74, 6) is -0.983. The van der Waals surface area contributed by atoms with Crippen molar-refractivity contribution in [2.24, 2.45) is 17.4 Å². The maximum atomic E-state index is 14.3. The van der Waals surface area contributed by atoms with Gasteiger partial charge in [0.05, 0.1) is 25.2 Å². The summed E-state index contributed by atoms with van der Waals surface area (Å²) in [6.07, 6.45) is 5.81. The van der Waals surface area contributed by atoms with Crippen LogP contribution in [0.4, 0.5) is 0 Å². The van der Waals surface area contributed by atoms with Crippen LogP contribution in [0.2, 0.25) is 0 Å². The number of hydrogen-bond donors (Lipinski definition) is 5. The molecular weight excluding hydrogens is 628 g/mol. The number of rotatable bonds is 17. The van der Waals surface area contributed by atoms with Crippen LogP contribution in [-0.4, -0.2) is 72.0 Å². The quantitative estimate of drug-likeness (QED) is 0.104. The number of piperidine rings is 1. The topological polar surface area (TPSA) is 156 Å². The normalized spacial score (nSPS) is 16.0. The van der Waals surface area contributed by atoms with E-state index in [1.54, 1.807) is 0 Å². The van der Waals surface area contributed by atoms with Gasteiger partial charge in [-0.05, 0) is 60.9 Å². The SMILES string of the molecule is CC(=O)N[C@H](COCc1ccccc1)C(N)[C@H](CCCCN)C(=O)N[C@H](Cc1c[nH]c2ccccc12)C(=O)N1CCC(c2ccccc2)CC1. The third-order valence-corrected chi connectivity index (χ3v) is 9.82. The summed E-state index contributed by atoms with van der Waals surface area (Å²) in [4.78, 5) is 46.1. The molecule has 5 rings (SSSR count). The zero-order chi connectivity index (χ0) is 35.3. The van der Waals surface area contributed by atoms with Crippen molar-refractivity contribution in [3.63, 3.8) is 0 Å². The Morgan fingerprint density at radius 3 is 2.30 bits per heavy atom. The monoisotopic (exact) mass is 680 g/mol. The van der Waals surface area contributed by atoms with Crippen molar-refractivity contribution < 1.29 is 19.1 Å². The number of benzene rings is 3. The number of H-pyrrole nitrogens is 1. The average molecular weight is 681 g/mol. The molecule has 2 heterocycles. The molecule has 1 saturated heterocycles. The number of nitrogens with two attached hydrogens (primary N) is 2. The summed E-state index contributed by atoms with van der Waals surface area (Å²) in [5.41, 5.74) is 16.9. The molecule has 0 aliphatic carbocycles. The molecular formula is C40H52N6O4. The number of hydrogen-bond acceptors (Lipinski definition) is 6. The van der Waals surface area contributed by atoms with Crippen molar-refractivity contribution in [1.29, 1.82) is 0 Å². The van der Waals surface area contributed by atoms with Crippen LogP contribution >= 0.6 is 0 Å². The number of carbonyl (C=O) groups is 3. The number of nitrogens with zero attached hydrogens (tertiary/aromatic N) is 1. The molecule has 266 valence electrons. The van der Waals surface area contributed by atoms with E-state index in [2.05, 4.69) is 39.9 Å². The molecule has 3 aromatic carbocycles. The first-order valence-electron chi connectivity index (χ1n) is 17.9. The first-order valence-corrected chi connectivity index (χ1v) is 17.9. The largest absolute Gasteiger partial charge is 0.375 e. The molecule has 3 amide bonds. The molecule has 4 aromatic rings. The number of para-hydroxylation sites is 1. The lowest BCUT2D eigenvalue weighted by molar-refractivity contribution is -0.138. The predicted octanol–water partition coefficient (Wildman–Crippen LogP) is 4.40. The minimum absolute atomic E-state index is 0.103. The third kappa shape index (κ3) is 10.0. The highest BCUT2D eigenvalue weighted by Gasteiger charge is 2.36. The highest BCUT2D eigenvalue weighted by atomic mass is 16.5. The van der Waals surface area contributed by atoms with Gasteiger partial charge in [-0.2, -0.15) is 0 Å². The van der Waals surface area contributed by atoms with Gasteiger partial charge in [-0.1, -0.05) is 85.3 Å². The van der Waals surface area contributed by atoms with Gasteiger partial charge in [0.2, 0.25) is 17.7 Å². The van der Waals surface area contributed by atoms with E-state index < -0.39 is 24.0 Å². The second kappa shape index (κ2) is 18.5. The minimum atomic E-state index is -0.798. The van der Waals surface area contributed by atoms with Crippen LogP contribution in [0.25, 0.3) is 10.9 Å². The summed E-state index contributed by atoms with van der Waals surface area (Å²) in [6.45, 7) is 3.61. The smallest absolute Gasteiger partial charge is 0.245 e. The molecule has 10 heteroatoms. The second-order valence-corrected chi connectivity index (χ2v) is 13.4. The van der Waals surface area contributed by atoms with Crippen LogP contribution in [0.3, 0.4) is 0 Å². The number of carbonyl (C=O) groups excluding carboxylic acids is 3. The Hall–Kier alpha value is -4.51. The molecule has 0 bridgehead atoms. The van der Waals surface area contributed by atoms with Crippen molar-refractivity contribution in [1.82, 2.24) is 20.5 Å². The van der Waals surface area contributed by atoms with E-state index >= 15 is 0 Å². The maximum absolute atomic E-state index is 14.3. The standard InChI is InChI=1S/C40H52N6O4/c1-28(47)44-37(27-50-26-29-12-4-2-5-13-29)38(42)34(17-10-11-21-41)39(48)45-36(24-32-25-43-35-18-9-8-16-33(32)35)40(49)46-22-19-31(20-23-46)30-14-6-3-7-15-30/h2-9,12-16,18,25,31,34,36-38,43H,10-11,17,19-24,26-27,41-42H2,1H3,(H,44,47)(H,45,48)/t34-,36+,37+,38?/m0/s1. The molecule has 1 aliphatic rings. The Bertz CT molecular complexity index is 1650. The van der Waals surface area contributed by atoms with Crippen molar-refractivity contribution in [2.45, 2.75) is 76.1 Å². The molecule has 0 saturated carbocycles. The van der Waals surface area contributed by atoms with Crippen LogP contribution in [0.5, 0.6) is 0 Å². The summed E-state index contributed by atoms with van der Waals surface area (Å²) in [7, 11) is 0. The molecule has 7 N–H and O–H groups in total. The molecule has 1 aliphatic heterocycles. The summed E-state index contributed by atoms with van der Waals surface area (Å²) in [5, 5.41) is 7.08. The molecule has 1 fully saturated rings. The number of fused-ring (bicyclic) bond motifs is 1. The zero-order valence-electron chi connectivity index (χ0n) is 29.1. The van der Waals surface area contributed by atoms with E-state index in [1.165, 1.54) is 12.5 Å². The number of nitrogens with one attached hydrogen (secondary N) is 3. The summed E-state index contributed by atoms with van der Waals surface area (Å²) in [6, 6.07) is 25.9. The minimum Gasteiger partial charge on any atom is -0.375 e. The fourth-order valence-electron chi connectivity index (χ4n) is 7.05. The van der Waals surface area contributed by atoms with Gasteiger partial charge in [-0.15, -0.1) is 0 Å². The number of aromatic nitrogens is 1. The van der Waals surface area contributed by atoms with Crippen molar-refractivity contribution >= 4 is 28.6 Å². The van der Waals surface area contributed by atoms with E-state index in [0.29, 0.717) is 51.4 Å². The van der Waals surface area contributed by atoms with E-state index in [0.717, 1.165) is 41.3 Å². The first kappa shape index (κ1) is 36.8. The highest BCUT2D eigenvalue weighted by molar-refractivity contribution is 5.90. The molecule has 50 heavy (non-hydrogen) atoms. The number of unbranched alkanes of at least 4 members (excludes halogenated alkanes) is 1. The van der Waals surface area contributed by atoms with Crippen molar-refractivity contribution in [3.8, 4) is 0 Å². The average Bonchev–Trinajstić information content (AvgIpc) is 3.55. The van der Waals surface area contributed by atoms with Crippen molar-refractivity contribution in [3.05, 3.63) is 108 Å². The Morgan fingerprint density at radius 2 is 1.60 bits per heavy atom. The maximum Gasteiger partial charge on any atom is 0.245 e. The lowest BCUT2D eigenvalue weighted by Crippen LogP contribution is -2.59. The van der Waals surface area contributed by atoms with Gasteiger partial charge in [0.15, 0.2) is 0 Å². The fourth-order valence-corrected chi connectivity index (χ4v) is 7.05. The number of likely N-dealkylation sites (tertiary alicyclic amines) is 1. The Morgan fingerprint density at radius 1 is 0.920 bits per heavy atom. The molecule has 0 spiro atoms. The van der Waals surface area contributed by atoms with Crippen LogP contribution in [-0.2, 0) is 32.1 Å². The van der Waals surface area contributed by atoms with Crippen molar-refractivity contribution in [2.75, 3.05) is 26.2 Å². The van der Waals surface area contributed by atoms with Gasteiger partial charge >= 0.3 is 0 Å². The number of ether oxygens (including phenoxy) is 1. The first-order chi connectivity index (χ1) is 24.3. The van der Waals surface area contributed by atoms with E-state index in [9.17, 15) is 14.4 Å². The van der Waals surface area contributed by atoms with Gasteiger partial charge in [0.25, 0.3) is 0 Å². The van der Waals surface area contributed by atoms with Gasteiger partial charge in [-0.25, -0.2) is 0 Å². The van der Waals surface area contributed by atoms with Gasteiger partial charge < -0.3 is 36.7 Å². The van der Waals surface area contributed by atoms with Gasteiger partial charge in [0, 0.05) is 49.6 Å². The third-order valence-electron chi connectivity index (χ3n) is 9.82. The Balaban J connectivity index is 1.34. The predicted molar refractivity (Wildman–Crippen MR) is 197 cm³/mol. The Labute approximate surface area is 295 Å². The lowest BCUT2D eigenvalue weighted by Gasteiger charge is -2.36. The Kier molecular flexibility index (Phi) is 13.6. The van der Waals surface area contributed by atoms with E-state index in [1.807, 2.05) is 71.8 Å². The molecule has 4 atom stereocenters. The van der Waals surface area contributed by atoms with Crippen LogP contribution in [0.15, 0.2) is 91.1 Å². The van der Waals surface area contributed by atoms with Gasteiger partial charge in [0.1, 0.15) is 6.04 Å². The summed E-state index contributed by atoms with van der Waals surface area (Å²) >= 11 is 0. The fraction of sp³-hybridized carbons (Fsp3) is 0.425. The van der Waals surface area contributed by atoms with E-state index in [-0.39, 0.29) is 24.3 Å². The van der Waals surface area contributed by atoms with Crippen LogP contribution < -0.4 is 22.1 Å². The number of amides is 3. The van der Waals surface area contributed by atoms with Gasteiger partial charge in [-0.3, -0.25) is 14.4 Å². The molecule has 1 unspecified atom stereocenters. The second-order valence-electron chi connectivity index (χ2n) is 13.4. The lowest BCUT2D eigenvalue weighted by atomic mass is 9.87. The van der Waals surface area contributed by atoms with E-state index in [4.69, 9.17) is 16.2 Å². The van der Waals surface area contributed by atoms with Crippen LogP contribution in [0, 0.1) is 5.92 Å². The summed E-state index contributed by atoms with van der Waals surface area (Å²) < 4.78 is 6.00. The molecule has 0 radical (unpaired) electrons.